The lowest BCUT2D eigenvalue weighted by Gasteiger charge is -2.27. The lowest BCUT2D eigenvalue weighted by atomic mass is 9.81. The van der Waals surface area contributed by atoms with Crippen molar-refractivity contribution in [1.29, 1.82) is 0 Å². The van der Waals surface area contributed by atoms with Gasteiger partial charge in [-0.05, 0) is 54.1 Å². The molecule has 1 heterocycles. The number of phenolic OH excluding ortho intramolecular Hbond substituents is 1. The Morgan fingerprint density at radius 2 is 1.69 bits per heavy atom. The van der Waals surface area contributed by atoms with E-state index in [1.54, 1.807) is 41.1 Å². The summed E-state index contributed by atoms with van der Waals surface area (Å²) in [5, 5.41) is 19.7. The molecule has 36 heavy (non-hydrogen) atoms. The van der Waals surface area contributed by atoms with Crippen molar-refractivity contribution in [2.45, 2.75) is 30.2 Å². The van der Waals surface area contributed by atoms with Gasteiger partial charge in [0.25, 0.3) is 0 Å². The Balaban J connectivity index is 1.77. The lowest BCUT2D eigenvalue weighted by molar-refractivity contribution is 0.0695. The highest BCUT2D eigenvalue weighted by Gasteiger charge is 2.30. The van der Waals surface area contributed by atoms with Crippen molar-refractivity contribution in [3.63, 3.8) is 0 Å². The number of benzene rings is 3. The van der Waals surface area contributed by atoms with Crippen molar-refractivity contribution in [2.24, 2.45) is 0 Å². The minimum atomic E-state index is -1.43. The molecule has 1 aromatic heterocycles. The number of phenols is 1. The van der Waals surface area contributed by atoms with E-state index in [2.05, 4.69) is 4.98 Å². The van der Waals surface area contributed by atoms with Crippen LogP contribution in [-0.4, -0.2) is 25.7 Å². The molecule has 10 heteroatoms. The van der Waals surface area contributed by atoms with Crippen molar-refractivity contribution in [3.05, 3.63) is 106 Å². The fraction of sp³-hybridized carbons (Fsp3) is 0.154. The summed E-state index contributed by atoms with van der Waals surface area (Å²) in [7, 11) is 0. The SMILES string of the molecule is CC(C)(c1ccc(Cl)c(O)c1)c1cnc(SCc2c(F)cc(C(=O)O)cc2F)n1-c1ccc(F)cc1. The molecule has 3 aromatic carbocycles. The van der Waals surface area contributed by atoms with Gasteiger partial charge in [-0.25, -0.2) is 22.9 Å². The van der Waals surface area contributed by atoms with E-state index in [9.17, 15) is 23.1 Å². The van der Waals surface area contributed by atoms with Crippen molar-refractivity contribution < 1.29 is 28.2 Å². The highest BCUT2D eigenvalue weighted by atomic mass is 35.5. The van der Waals surface area contributed by atoms with Gasteiger partial charge in [0, 0.05) is 22.4 Å². The molecule has 0 saturated heterocycles. The van der Waals surface area contributed by atoms with E-state index in [-0.39, 0.29) is 22.1 Å². The largest absolute Gasteiger partial charge is 0.506 e. The maximum atomic E-state index is 14.5. The average molecular weight is 533 g/mol. The highest BCUT2D eigenvalue weighted by Crippen LogP contribution is 2.39. The Kier molecular flexibility index (Phi) is 7.06. The number of aromatic hydroxyl groups is 1. The van der Waals surface area contributed by atoms with Crippen LogP contribution < -0.4 is 0 Å². The summed E-state index contributed by atoms with van der Waals surface area (Å²) >= 11 is 7.01. The summed E-state index contributed by atoms with van der Waals surface area (Å²) < 4.78 is 44.4. The average Bonchev–Trinajstić information content (AvgIpc) is 3.25. The summed E-state index contributed by atoms with van der Waals surface area (Å²) in [6.45, 7) is 3.82. The number of aromatic nitrogens is 2. The Labute approximate surface area is 214 Å². The smallest absolute Gasteiger partial charge is 0.335 e. The number of carbonyl (C=O) groups is 1. The van der Waals surface area contributed by atoms with E-state index < -0.39 is 34.4 Å². The van der Waals surface area contributed by atoms with Crippen LogP contribution in [0.15, 0.2) is 66.0 Å². The monoisotopic (exact) mass is 532 g/mol. The third-order valence-electron chi connectivity index (χ3n) is 5.86. The van der Waals surface area contributed by atoms with Gasteiger partial charge >= 0.3 is 5.97 Å². The van der Waals surface area contributed by atoms with Gasteiger partial charge in [-0.1, -0.05) is 43.3 Å². The van der Waals surface area contributed by atoms with E-state index in [0.717, 1.165) is 29.5 Å². The molecule has 0 aliphatic rings. The van der Waals surface area contributed by atoms with E-state index in [0.29, 0.717) is 16.5 Å². The Bertz CT molecular complexity index is 1430. The van der Waals surface area contributed by atoms with Gasteiger partial charge in [0.05, 0.1) is 22.5 Å². The molecule has 4 rings (SSSR count). The third-order valence-corrected chi connectivity index (χ3v) is 7.15. The summed E-state index contributed by atoms with van der Waals surface area (Å²) in [5.74, 6) is -4.07. The van der Waals surface area contributed by atoms with Gasteiger partial charge in [-0.15, -0.1) is 0 Å². The zero-order valence-corrected chi connectivity index (χ0v) is 20.7. The van der Waals surface area contributed by atoms with Crippen LogP contribution in [0.4, 0.5) is 13.2 Å². The number of imidazole rings is 1. The van der Waals surface area contributed by atoms with E-state index in [1.807, 2.05) is 13.8 Å². The van der Waals surface area contributed by atoms with Crippen LogP contribution in [0.3, 0.4) is 0 Å². The second-order valence-corrected chi connectivity index (χ2v) is 9.89. The molecule has 0 fully saturated rings. The molecule has 4 aromatic rings. The van der Waals surface area contributed by atoms with Crippen molar-refractivity contribution in [1.82, 2.24) is 9.55 Å². The second kappa shape index (κ2) is 9.91. The summed E-state index contributed by atoms with van der Waals surface area (Å²) in [4.78, 5) is 15.5. The van der Waals surface area contributed by atoms with E-state index >= 15 is 0 Å². The first-order valence-corrected chi connectivity index (χ1v) is 12.0. The third kappa shape index (κ3) is 4.94. The zero-order valence-electron chi connectivity index (χ0n) is 19.1. The summed E-state index contributed by atoms with van der Waals surface area (Å²) in [6.07, 6.45) is 1.61. The maximum absolute atomic E-state index is 14.5. The van der Waals surface area contributed by atoms with Gasteiger partial charge in [0.15, 0.2) is 5.16 Å². The van der Waals surface area contributed by atoms with Gasteiger partial charge in [-0.2, -0.15) is 0 Å². The van der Waals surface area contributed by atoms with E-state index in [1.165, 1.54) is 12.1 Å². The minimum absolute atomic E-state index is 0.0829. The summed E-state index contributed by atoms with van der Waals surface area (Å²) in [5.41, 5.74) is 0.469. The van der Waals surface area contributed by atoms with Crippen molar-refractivity contribution in [3.8, 4) is 11.4 Å². The quantitative estimate of drug-likeness (QED) is 0.251. The number of thioether (sulfide) groups is 1. The molecular formula is C26H20ClF3N2O3S. The van der Waals surface area contributed by atoms with Crippen LogP contribution in [-0.2, 0) is 11.2 Å². The molecule has 0 aliphatic heterocycles. The first kappa shape index (κ1) is 25.7. The Morgan fingerprint density at radius 1 is 1.06 bits per heavy atom. The molecular weight excluding hydrogens is 513 g/mol. The van der Waals surface area contributed by atoms with Crippen LogP contribution in [0.25, 0.3) is 5.69 Å². The van der Waals surface area contributed by atoms with Gasteiger partial charge < -0.3 is 10.2 Å². The normalized spacial score (nSPS) is 11.6. The molecule has 0 amide bonds. The number of carboxylic acid groups (broad SMARTS) is 1. The number of halogens is 4. The maximum Gasteiger partial charge on any atom is 0.335 e. The predicted molar refractivity (Wildman–Crippen MR) is 132 cm³/mol. The van der Waals surface area contributed by atoms with Crippen LogP contribution in [0.2, 0.25) is 5.02 Å². The standard InChI is InChI=1S/C26H20ClF3N2O3S/c1-26(2,15-3-8-19(27)22(33)11-15)23-12-31-25(32(23)17-6-4-16(28)5-7-17)36-13-18-20(29)9-14(24(34)35)10-21(18)30/h3-12,33H,13H2,1-2H3,(H,34,35). The summed E-state index contributed by atoms with van der Waals surface area (Å²) in [6, 6.07) is 12.1. The topological polar surface area (TPSA) is 75.3 Å². The van der Waals surface area contributed by atoms with Gasteiger partial charge in [0.2, 0.25) is 0 Å². The lowest BCUT2D eigenvalue weighted by Crippen LogP contribution is -2.23. The number of aromatic carboxylic acids is 1. The first-order valence-electron chi connectivity index (χ1n) is 10.7. The fourth-order valence-corrected chi connectivity index (χ4v) is 4.89. The van der Waals surface area contributed by atoms with Crippen LogP contribution >= 0.6 is 23.4 Å². The molecule has 0 radical (unpaired) electrons. The first-order chi connectivity index (χ1) is 17.0. The van der Waals surface area contributed by atoms with Crippen LogP contribution in [0, 0.1) is 17.5 Å². The molecule has 186 valence electrons. The molecule has 5 nitrogen and oxygen atoms in total. The molecule has 0 unspecified atom stereocenters. The predicted octanol–water partition coefficient (Wildman–Crippen LogP) is 6.97. The number of hydrogen-bond donors (Lipinski definition) is 2. The molecule has 0 bridgehead atoms. The van der Waals surface area contributed by atoms with Crippen LogP contribution in [0.1, 0.15) is 41.0 Å². The van der Waals surface area contributed by atoms with Gasteiger partial charge in [0.1, 0.15) is 23.2 Å². The number of nitrogens with zero attached hydrogens (tertiary/aromatic N) is 2. The van der Waals surface area contributed by atoms with Crippen molar-refractivity contribution in [2.75, 3.05) is 0 Å². The number of rotatable bonds is 7. The number of hydrogen-bond acceptors (Lipinski definition) is 4. The van der Waals surface area contributed by atoms with Crippen LogP contribution in [0.5, 0.6) is 5.75 Å². The highest BCUT2D eigenvalue weighted by molar-refractivity contribution is 7.98. The molecule has 0 aliphatic carbocycles. The van der Waals surface area contributed by atoms with Gasteiger partial charge in [-0.3, -0.25) is 4.57 Å². The molecule has 2 N–H and O–H groups in total. The zero-order chi connectivity index (χ0) is 26.2. The second-order valence-electron chi connectivity index (χ2n) is 8.54. The molecule has 0 saturated carbocycles. The Hall–Kier alpha value is -3.43. The van der Waals surface area contributed by atoms with E-state index in [4.69, 9.17) is 16.7 Å². The fourth-order valence-electron chi connectivity index (χ4n) is 3.77. The molecule has 0 atom stereocenters. The Morgan fingerprint density at radius 3 is 2.28 bits per heavy atom. The number of carboxylic acids is 1. The molecule has 0 spiro atoms. The van der Waals surface area contributed by atoms with Crippen molar-refractivity contribution >= 4 is 29.3 Å². The minimum Gasteiger partial charge on any atom is -0.506 e.